The van der Waals surface area contributed by atoms with Crippen LogP contribution in [0.1, 0.15) is 37.6 Å². The van der Waals surface area contributed by atoms with Crippen molar-refractivity contribution >= 4 is 37.6 Å². The van der Waals surface area contributed by atoms with Gasteiger partial charge in [0.25, 0.3) is 0 Å². The highest BCUT2D eigenvalue weighted by Gasteiger charge is 2.30. The molecule has 1 aliphatic heterocycles. The van der Waals surface area contributed by atoms with E-state index in [1.807, 2.05) is 6.92 Å². The van der Waals surface area contributed by atoms with E-state index in [1.54, 1.807) is 24.6 Å². The van der Waals surface area contributed by atoms with Gasteiger partial charge in [-0.3, -0.25) is 0 Å². The SMILES string of the molecule is Cc1nc2sc3c(NC[C@@H](C)O)ncnc3c2c2c1COC(C)(C)C2. The molecule has 4 heterocycles. The molecule has 3 aromatic rings. The number of hydrogen-bond donors (Lipinski definition) is 2. The molecular weight excluding hydrogens is 336 g/mol. The Morgan fingerprint density at radius 3 is 2.92 bits per heavy atom. The van der Waals surface area contributed by atoms with Gasteiger partial charge in [-0.1, -0.05) is 0 Å². The fraction of sp³-hybridized carbons (Fsp3) is 0.500. The van der Waals surface area contributed by atoms with Crippen molar-refractivity contribution in [3.63, 3.8) is 0 Å². The largest absolute Gasteiger partial charge is 0.392 e. The smallest absolute Gasteiger partial charge is 0.147 e. The molecule has 0 radical (unpaired) electrons. The van der Waals surface area contributed by atoms with Crippen molar-refractivity contribution in [3.05, 3.63) is 23.1 Å². The summed E-state index contributed by atoms with van der Waals surface area (Å²) in [5.41, 5.74) is 4.25. The second kappa shape index (κ2) is 5.86. The van der Waals surface area contributed by atoms with Gasteiger partial charge in [0.1, 0.15) is 17.0 Å². The van der Waals surface area contributed by atoms with Crippen molar-refractivity contribution in [2.45, 2.75) is 52.4 Å². The summed E-state index contributed by atoms with van der Waals surface area (Å²) >= 11 is 1.61. The number of nitrogens with one attached hydrogen (secondary N) is 1. The Balaban J connectivity index is 1.96. The molecule has 0 saturated heterocycles. The van der Waals surface area contributed by atoms with E-state index in [1.165, 1.54) is 11.1 Å². The molecule has 0 spiro atoms. The molecular formula is C18H22N4O2S. The quantitative estimate of drug-likeness (QED) is 0.748. The molecule has 4 rings (SSSR count). The summed E-state index contributed by atoms with van der Waals surface area (Å²) in [4.78, 5) is 14.7. The summed E-state index contributed by atoms with van der Waals surface area (Å²) in [7, 11) is 0. The van der Waals surface area contributed by atoms with Gasteiger partial charge in [-0.2, -0.15) is 0 Å². The number of aryl methyl sites for hydroxylation is 1. The number of ether oxygens (including phenoxy) is 1. The van der Waals surface area contributed by atoms with E-state index >= 15 is 0 Å². The first-order chi connectivity index (χ1) is 11.9. The lowest BCUT2D eigenvalue weighted by molar-refractivity contribution is -0.0400. The first-order valence-electron chi connectivity index (χ1n) is 8.47. The summed E-state index contributed by atoms with van der Waals surface area (Å²) in [5.74, 6) is 0.756. The summed E-state index contributed by atoms with van der Waals surface area (Å²) in [6, 6.07) is 0. The topological polar surface area (TPSA) is 80.2 Å². The summed E-state index contributed by atoms with van der Waals surface area (Å²) in [6.07, 6.45) is 1.98. The third-order valence-corrected chi connectivity index (χ3v) is 5.68. The molecule has 1 aliphatic rings. The third-order valence-electron chi connectivity index (χ3n) is 4.60. The molecule has 132 valence electrons. The molecule has 0 amide bonds. The minimum Gasteiger partial charge on any atom is -0.392 e. The van der Waals surface area contributed by atoms with E-state index < -0.39 is 6.10 Å². The summed E-state index contributed by atoms with van der Waals surface area (Å²) < 4.78 is 6.98. The summed E-state index contributed by atoms with van der Waals surface area (Å²) in [6.45, 7) is 9.08. The van der Waals surface area contributed by atoms with Gasteiger partial charge in [-0.25, -0.2) is 15.0 Å². The van der Waals surface area contributed by atoms with Crippen LogP contribution in [0, 0.1) is 6.92 Å². The first kappa shape index (κ1) is 16.6. The molecule has 0 bridgehead atoms. The van der Waals surface area contributed by atoms with Crippen LogP contribution in [0.25, 0.3) is 20.4 Å². The van der Waals surface area contributed by atoms with E-state index in [0.29, 0.717) is 13.2 Å². The van der Waals surface area contributed by atoms with Crippen molar-refractivity contribution in [2.24, 2.45) is 0 Å². The average molecular weight is 358 g/mol. The maximum Gasteiger partial charge on any atom is 0.147 e. The number of rotatable bonds is 3. The zero-order valence-electron chi connectivity index (χ0n) is 14.9. The zero-order chi connectivity index (χ0) is 17.8. The minimum absolute atomic E-state index is 0.192. The monoisotopic (exact) mass is 358 g/mol. The Morgan fingerprint density at radius 1 is 1.36 bits per heavy atom. The van der Waals surface area contributed by atoms with Gasteiger partial charge in [-0.15, -0.1) is 11.3 Å². The Morgan fingerprint density at radius 2 is 2.16 bits per heavy atom. The lowest BCUT2D eigenvalue weighted by Gasteiger charge is -2.32. The molecule has 3 aromatic heterocycles. The minimum atomic E-state index is -0.439. The number of thiophene rings is 1. The number of nitrogens with zero attached hydrogens (tertiary/aromatic N) is 3. The number of aromatic nitrogens is 3. The van der Waals surface area contributed by atoms with Crippen LogP contribution in [0.2, 0.25) is 0 Å². The average Bonchev–Trinajstić information content (AvgIpc) is 2.90. The van der Waals surface area contributed by atoms with Crippen molar-refractivity contribution in [3.8, 4) is 0 Å². The van der Waals surface area contributed by atoms with Gasteiger partial charge in [0.15, 0.2) is 0 Å². The molecule has 25 heavy (non-hydrogen) atoms. The van der Waals surface area contributed by atoms with Crippen LogP contribution in [-0.4, -0.2) is 38.3 Å². The predicted molar refractivity (Wildman–Crippen MR) is 100 cm³/mol. The highest BCUT2D eigenvalue weighted by Crippen LogP contribution is 2.41. The fourth-order valence-electron chi connectivity index (χ4n) is 3.34. The van der Waals surface area contributed by atoms with Gasteiger partial charge in [-0.05, 0) is 33.3 Å². The molecule has 0 saturated carbocycles. The van der Waals surface area contributed by atoms with Crippen LogP contribution in [0.4, 0.5) is 5.82 Å². The third kappa shape index (κ3) is 2.86. The highest BCUT2D eigenvalue weighted by molar-refractivity contribution is 7.26. The first-order valence-corrected chi connectivity index (χ1v) is 9.29. The normalized spacial score (nSPS) is 17.6. The van der Waals surface area contributed by atoms with Crippen LogP contribution >= 0.6 is 11.3 Å². The number of fused-ring (bicyclic) bond motifs is 5. The predicted octanol–water partition coefficient (Wildman–Crippen LogP) is 3.19. The molecule has 6 nitrogen and oxygen atoms in total. The van der Waals surface area contributed by atoms with Crippen molar-refractivity contribution < 1.29 is 9.84 Å². The molecule has 0 aliphatic carbocycles. The van der Waals surface area contributed by atoms with Gasteiger partial charge in [0, 0.05) is 29.6 Å². The van der Waals surface area contributed by atoms with Crippen LogP contribution in [-0.2, 0) is 17.8 Å². The number of aliphatic hydroxyl groups is 1. The zero-order valence-corrected chi connectivity index (χ0v) is 15.7. The molecule has 7 heteroatoms. The second-order valence-electron chi connectivity index (χ2n) is 7.29. The molecule has 0 aromatic carbocycles. The highest BCUT2D eigenvalue weighted by atomic mass is 32.1. The van der Waals surface area contributed by atoms with Crippen molar-refractivity contribution in [2.75, 3.05) is 11.9 Å². The van der Waals surface area contributed by atoms with Gasteiger partial charge < -0.3 is 15.2 Å². The van der Waals surface area contributed by atoms with E-state index in [0.717, 1.165) is 38.4 Å². The Bertz CT molecular complexity index is 965. The van der Waals surface area contributed by atoms with E-state index in [-0.39, 0.29) is 5.60 Å². The van der Waals surface area contributed by atoms with E-state index in [2.05, 4.69) is 29.1 Å². The lowest BCUT2D eigenvalue weighted by Crippen LogP contribution is -2.32. The van der Waals surface area contributed by atoms with Gasteiger partial charge in [0.05, 0.1) is 28.5 Å². The van der Waals surface area contributed by atoms with Gasteiger partial charge in [0.2, 0.25) is 0 Å². The van der Waals surface area contributed by atoms with E-state index in [4.69, 9.17) is 9.72 Å². The number of hydrogen-bond acceptors (Lipinski definition) is 7. The number of aliphatic hydroxyl groups excluding tert-OH is 1. The number of anilines is 1. The van der Waals surface area contributed by atoms with Crippen molar-refractivity contribution in [1.82, 2.24) is 15.0 Å². The Hall–Kier alpha value is -1.83. The summed E-state index contributed by atoms with van der Waals surface area (Å²) in [5, 5.41) is 13.9. The van der Waals surface area contributed by atoms with Gasteiger partial charge >= 0.3 is 0 Å². The van der Waals surface area contributed by atoms with Crippen LogP contribution < -0.4 is 5.32 Å². The molecule has 1 atom stereocenters. The maximum absolute atomic E-state index is 9.55. The van der Waals surface area contributed by atoms with Crippen LogP contribution in [0.3, 0.4) is 0 Å². The van der Waals surface area contributed by atoms with E-state index in [9.17, 15) is 5.11 Å². The van der Waals surface area contributed by atoms with Crippen LogP contribution in [0.5, 0.6) is 0 Å². The lowest BCUT2D eigenvalue weighted by atomic mass is 9.89. The second-order valence-corrected chi connectivity index (χ2v) is 8.29. The number of pyridine rings is 1. The molecule has 0 fully saturated rings. The Labute approximate surface area is 150 Å². The fourth-order valence-corrected chi connectivity index (χ4v) is 4.51. The Kier molecular flexibility index (Phi) is 3.90. The van der Waals surface area contributed by atoms with Crippen molar-refractivity contribution in [1.29, 1.82) is 0 Å². The standard InChI is InChI=1S/C18H22N4O2S/c1-9(23)6-19-16-15-14(20-8-21-16)13-11-5-18(3,4)24-7-12(11)10(2)22-17(13)25-15/h8-9,23H,5-7H2,1-4H3,(H,19,20,21)/t9-/m1/s1. The van der Waals surface area contributed by atoms with Crippen LogP contribution in [0.15, 0.2) is 6.33 Å². The maximum atomic E-state index is 9.55. The molecule has 2 N–H and O–H groups in total. The molecule has 0 unspecified atom stereocenters.